The zero-order chi connectivity index (χ0) is 21.1. The Bertz CT molecular complexity index is 981. The molecule has 6 nitrogen and oxygen atoms in total. The Kier molecular flexibility index (Phi) is 6.24. The van der Waals surface area contributed by atoms with E-state index in [2.05, 4.69) is 15.6 Å². The highest BCUT2D eigenvalue weighted by Crippen LogP contribution is 2.38. The maximum atomic E-state index is 14.4. The summed E-state index contributed by atoms with van der Waals surface area (Å²) in [5, 5.41) is 9.39. The number of hydrogen-bond donors (Lipinski definition) is 2. The first-order valence-electron chi connectivity index (χ1n) is 10.2. The SMILES string of the molecule is CCOC(=O)C1=C(C2CCNCC2)NC(c2nccs2)=NC1c1cccc(F)c1C. The summed E-state index contributed by atoms with van der Waals surface area (Å²) >= 11 is 1.47. The van der Waals surface area contributed by atoms with Crippen LogP contribution in [0.1, 0.15) is 41.9 Å². The molecule has 0 aliphatic carbocycles. The van der Waals surface area contributed by atoms with Crippen molar-refractivity contribution in [2.24, 2.45) is 10.9 Å². The minimum absolute atomic E-state index is 0.160. The molecule has 0 spiro atoms. The highest BCUT2D eigenvalue weighted by atomic mass is 32.1. The number of piperidine rings is 1. The molecule has 1 aromatic heterocycles. The Morgan fingerprint density at radius 1 is 1.33 bits per heavy atom. The largest absolute Gasteiger partial charge is 0.463 e. The second-order valence-corrected chi connectivity index (χ2v) is 8.26. The van der Waals surface area contributed by atoms with Crippen molar-refractivity contribution in [3.8, 4) is 0 Å². The van der Waals surface area contributed by atoms with Gasteiger partial charge in [-0.05, 0) is 57.0 Å². The van der Waals surface area contributed by atoms with Gasteiger partial charge in [0.15, 0.2) is 10.8 Å². The van der Waals surface area contributed by atoms with E-state index in [0.717, 1.165) is 36.6 Å². The monoisotopic (exact) mass is 428 g/mol. The van der Waals surface area contributed by atoms with Crippen molar-refractivity contribution in [1.29, 1.82) is 0 Å². The molecule has 0 radical (unpaired) electrons. The van der Waals surface area contributed by atoms with Crippen molar-refractivity contribution in [2.75, 3.05) is 19.7 Å². The van der Waals surface area contributed by atoms with Gasteiger partial charge in [0.25, 0.3) is 0 Å². The molecule has 1 atom stereocenters. The van der Waals surface area contributed by atoms with Crippen LogP contribution in [0.5, 0.6) is 0 Å². The molecule has 1 unspecified atom stereocenters. The lowest BCUT2D eigenvalue weighted by Crippen LogP contribution is -2.40. The second-order valence-electron chi connectivity index (χ2n) is 7.37. The van der Waals surface area contributed by atoms with E-state index in [1.165, 1.54) is 17.4 Å². The van der Waals surface area contributed by atoms with Crippen LogP contribution < -0.4 is 10.6 Å². The molecule has 2 aliphatic heterocycles. The predicted molar refractivity (Wildman–Crippen MR) is 115 cm³/mol. The van der Waals surface area contributed by atoms with Crippen LogP contribution in [0.4, 0.5) is 4.39 Å². The number of aromatic nitrogens is 1. The first-order chi connectivity index (χ1) is 14.6. The molecule has 2 aliphatic rings. The molecular weight excluding hydrogens is 403 g/mol. The van der Waals surface area contributed by atoms with E-state index in [0.29, 0.717) is 22.5 Å². The average molecular weight is 429 g/mol. The van der Waals surface area contributed by atoms with Crippen molar-refractivity contribution in [3.05, 3.63) is 63.0 Å². The van der Waals surface area contributed by atoms with E-state index in [1.807, 2.05) is 11.4 Å². The fraction of sp³-hybridized carbons (Fsp3) is 0.409. The van der Waals surface area contributed by atoms with Gasteiger partial charge in [-0.1, -0.05) is 12.1 Å². The molecular formula is C22H25FN4O2S. The van der Waals surface area contributed by atoms with Crippen LogP contribution >= 0.6 is 11.3 Å². The number of thiazole rings is 1. The summed E-state index contributed by atoms with van der Waals surface area (Å²) in [5.41, 5.74) is 2.44. The Balaban J connectivity index is 1.89. The van der Waals surface area contributed by atoms with Crippen LogP contribution in [-0.2, 0) is 9.53 Å². The molecule has 158 valence electrons. The first kappa shape index (κ1) is 20.7. The number of halogens is 1. The van der Waals surface area contributed by atoms with E-state index in [9.17, 15) is 9.18 Å². The molecule has 3 heterocycles. The molecule has 8 heteroatoms. The van der Waals surface area contributed by atoms with E-state index in [-0.39, 0.29) is 18.3 Å². The standard InChI is InChI=1S/C22H25FN4O2S/c1-3-29-22(28)17-18(14-7-9-24-10-8-14)26-20(21-25-11-12-30-21)27-19(17)15-5-4-6-16(23)13(15)2/h4-6,11-12,14,19,24H,3,7-10H2,1-2H3,(H,26,27). The zero-order valence-corrected chi connectivity index (χ0v) is 17.9. The second kappa shape index (κ2) is 9.06. The molecule has 1 fully saturated rings. The molecule has 0 bridgehead atoms. The van der Waals surface area contributed by atoms with Gasteiger partial charge in [-0.15, -0.1) is 11.3 Å². The Morgan fingerprint density at radius 2 is 2.13 bits per heavy atom. The van der Waals surface area contributed by atoms with E-state index < -0.39 is 12.0 Å². The van der Waals surface area contributed by atoms with Crippen LogP contribution in [-0.4, -0.2) is 36.5 Å². The minimum Gasteiger partial charge on any atom is -0.463 e. The summed E-state index contributed by atoms with van der Waals surface area (Å²) in [6, 6.07) is 4.26. The Hall–Kier alpha value is -2.58. The third-order valence-electron chi connectivity index (χ3n) is 5.56. The molecule has 2 N–H and O–H groups in total. The minimum atomic E-state index is -0.648. The lowest BCUT2D eigenvalue weighted by molar-refractivity contribution is -0.139. The van der Waals surface area contributed by atoms with Crippen molar-refractivity contribution >= 4 is 23.1 Å². The summed E-state index contributed by atoms with van der Waals surface area (Å²) in [6.07, 6.45) is 3.51. The number of amidine groups is 1. The lowest BCUT2D eigenvalue weighted by atomic mass is 9.85. The molecule has 2 aromatic rings. The van der Waals surface area contributed by atoms with Gasteiger partial charge in [-0.3, -0.25) is 4.99 Å². The van der Waals surface area contributed by atoms with Crippen LogP contribution in [0.15, 0.2) is 46.0 Å². The fourth-order valence-corrected chi connectivity index (χ4v) is 4.61. The Labute approximate surface area is 179 Å². The molecule has 30 heavy (non-hydrogen) atoms. The highest BCUT2D eigenvalue weighted by molar-refractivity contribution is 7.11. The van der Waals surface area contributed by atoms with Gasteiger partial charge in [0.05, 0.1) is 12.2 Å². The number of aliphatic imine (C=N–C) groups is 1. The van der Waals surface area contributed by atoms with Crippen molar-refractivity contribution < 1.29 is 13.9 Å². The van der Waals surface area contributed by atoms with Crippen molar-refractivity contribution in [1.82, 2.24) is 15.6 Å². The zero-order valence-electron chi connectivity index (χ0n) is 17.1. The van der Waals surface area contributed by atoms with Gasteiger partial charge in [0.2, 0.25) is 0 Å². The summed E-state index contributed by atoms with van der Waals surface area (Å²) < 4.78 is 19.8. The third-order valence-corrected chi connectivity index (χ3v) is 6.34. The fourth-order valence-electron chi connectivity index (χ4n) is 4.03. The molecule has 0 amide bonds. The topological polar surface area (TPSA) is 75.6 Å². The lowest BCUT2D eigenvalue weighted by Gasteiger charge is -2.33. The number of carbonyl (C=O) groups excluding carboxylic acids is 1. The number of carbonyl (C=O) groups is 1. The van der Waals surface area contributed by atoms with Crippen molar-refractivity contribution in [2.45, 2.75) is 32.7 Å². The van der Waals surface area contributed by atoms with Gasteiger partial charge in [0.1, 0.15) is 11.9 Å². The number of nitrogens with zero attached hydrogens (tertiary/aromatic N) is 2. The van der Waals surface area contributed by atoms with Gasteiger partial charge in [-0.25, -0.2) is 14.2 Å². The normalized spacial score (nSPS) is 20.0. The van der Waals surface area contributed by atoms with Gasteiger partial charge in [0, 0.05) is 23.2 Å². The predicted octanol–water partition coefficient (Wildman–Crippen LogP) is 3.50. The number of nitrogens with one attached hydrogen (secondary N) is 2. The highest BCUT2D eigenvalue weighted by Gasteiger charge is 2.36. The number of benzene rings is 1. The quantitative estimate of drug-likeness (QED) is 0.713. The Morgan fingerprint density at radius 3 is 2.83 bits per heavy atom. The summed E-state index contributed by atoms with van der Waals surface area (Å²) in [4.78, 5) is 22.3. The van der Waals surface area contributed by atoms with E-state index >= 15 is 0 Å². The number of esters is 1. The summed E-state index contributed by atoms with van der Waals surface area (Å²) in [7, 11) is 0. The molecule has 1 aromatic carbocycles. The first-order valence-corrected chi connectivity index (χ1v) is 11.1. The van der Waals surface area contributed by atoms with Crippen LogP contribution in [0, 0.1) is 18.7 Å². The van der Waals surface area contributed by atoms with Gasteiger partial charge < -0.3 is 15.4 Å². The van der Waals surface area contributed by atoms with Crippen LogP contribution in [0.2, 0.25) is 0 Å². The number of allylic oxidation sites excluding steroid dienone is 1. The smallest absolute Gasteiger partial charge is 0.338 e. The molecule has 4 rings (SSSR count). The van der Waals surface area contributed by atoms with E-state index in [1.54, 1.807) is 26.1 Å². The number of hydrogen-bond acceptors (Lipinski definition) is 7. The third kappa shape index (κ3) is 4.02. The van der Waals surface area contributed by atoms with Crippen LogP contribution in [0.3, 0.4) is 0 Å². The summed E-state index contributed by atoms with van der Waals surface area (Å²) in [6.45, 7) is 5.52. The summed E-state index contributed by atoms with van der Waals surface area (Å²) in [5.74, 6) is 0.0468. The van der Waals surface area contributed by atoms with E-state index in [4.69, 9.17) is 9.73 Å². The molecule has 1 saturated heterocycles. The average Bonchev–Trinajstić information content (AvgIpc) is 3.30. The van der Waals surface area contributed by atoms with Crippen molar-refractivity contribution in [3.63, 3.8) is 0 Å². The number of rotatable bonds is 5. The molecule has 0 saturated carbocycles. The van der Waals surface area contributed by atoms with Gasteiger partial charge >= 0.3 is 5.97 Å². The van der Waals surface area contributed by atoms with Gasteiger partial charge in [-0.2, -0.15) is 0 Å². The van der Waals surface area contributed by atoms with Crippen LogP contribution in [0.25, 0.3) is 0 Å². The number of ether oxygens (including phenoxy) is 1. The maximum Gasteiger partial charge on any atom is 0.338 e. The maximum absolute atomic E-state index is 14.4.